The van der Waals surface area contributed by atoms with Crippen molar-refractivity contribution in [3.8, 4) is 0 Å². The van der Waals surface area contributed by atoms with Gasteiger partial charge in [-0.25, -0.2) is 0 Å². The van der Waals surface area contributed by atoms with Crippen LogP contribution in [0, 0.1) is 0 Å². The third kappa shape index (κ3) is 1.38. The minimum Gasteiger partial charge on any atom is -0.317 e. The van der Waals surface area contributed by atoms with E-state index < -0.39 is 0 Å². The summed E-state index contributed by atoms with van der Waals surface area (Å²) in [4.78, 5) is 13.5. The molecular formula is C10H15NO. The Kier molecular flexibility index (Phi) is 2.15. The number of piperidine rings is 1. The minimum atomic E-state index is 0.346. The van der Waals surface area contributed by atoms with Crippen LogP contribution in [0.5, 0.6) is 0 Å². The fraction of sp³-hybridized carbons (Fsp3) is 0.700. The third-order valence-electron chi connectivity index (χ3n) is 2.69. The molecule has 1 amide bonds. The summed E-state index contributed by atoms with van der Waals surface area (Å²) in [5.74, 6) is 0.346. The summed E-state index contributed by atoms with van der Waals surface area (Å²) in [5.41, 5.74) is 1.30. The number of hydrogen-bond donors (Lipinski definition) is 0. The number of rotatable bonds is 0. The molecule has 0 aromatic heterocycles. The maximum Gasteiger partial charge on any atom is 0.226 e. The lowest BCUT2D eigenvalue weighted by molar-refractivity contribution is -0.129. The molecule has 12 heavy (non-hydrogen) atoms. The molecule has 0 aliphatic carbocycles. The van der Waals surface area contributed by atoms with Gasteiger partial charge in [-0.15, -0.1) is 0 Å². The Bertz CT molecular complexity index is 220. The van der Waals surface area contributed by atoms with Crippen LogP contribution in [-0.2, 0) is 4.79 Å². The molecule has 1 saturated heterocycles. The number of amides is 1. The first-order valence-corrected chi connectivity index (χ1v) is 4.87. The number of carbonyl (C=O) groups excluding carboxylic acids is 1. The standard InChI is InChI=1S/C10H15NO/c12-10-7-2-1-5-9-6-3-4-8-11(9)10/h5H,1-4,6-8H2. The normalized spacial score (nSPS) is 24.5. The molecule has 2 aliphatic rings. The summed E-state index contributed by atoms with van der Waals surface area (Å²) in [6.45, 7) is 0.963. The Morgan fingerprint density at radius 1 is 1.17 bits per heavy atom. The molecule has 0 unspecified atom stereocenters. The van der Waals surface area contributed by atoms with Gasteiger partial charge in [-0.3, -0.25) is 4.79 Å². The molecular weight excluding hydrogens is 150 g/mol. The van der Waals surface area contributed by atoms with Gasteiger partial charge in [0.15, 0.2) is 0 Å². The van der Waals surface area contributed by atoms with Crippen molar-refractivity contribution in [2.45, 2.75) is 38.5 Å². The van der Waals surface area contributed by atoms with Crippen molar-refractivity contribution in [2.75, 3.05) is 6.54 Å². The Morgan fingerprint density at radius 2 is 2.08 bits per heavy atom. The number of hydrogen-bond acceptors (Lipinski definition) is 1. The Labute approximate surface area is 73.2 Å². The van der Waals surface area contributed by atoms with Crippen LogP contribution in [0.25, 0.3) is 0 Å². The van der Waals surface area contributed by atoms with Crippen LogP contribution in [0.2, 0.25) is 0 Å². The van der Waals surface area contributed by atoms with E-state index in [0.29, 0.717) is 5.91 Å². The smallest absolute Gasteiger partial charge is 0.226 e. The van der Waals surface area contributed by atoms with E-state index in [1.807, 2.05) is 4.90 Å². The summed E-state index contributed by atoms with van der Waals surface area (Å²) < 4.78 is 0. The van der Waals surface area contributed by atoms with Crippen molar-refractivity contribution >= 4 is 5.91 Å². The van der Waals surface area contributed by atoms with E-state index in [1.54, 1.807) is 0 Å². The molecule has 0 aromatic carbocycles. The first-order valence-electron chi connectivity index (χ1n) is 4.87. The lowest BCUT2D eigenvalue weighted by atomic mass is 10.1. The van der Waals surface area contributed by atoms with Gasteiger partial charge in [0.2, 0.25) is 5.91 Å². The van der Waals surface area contributed by atoms with E-state index in [0.717, 1.165) is 32.2 Å². The van der Waals surface area contributed by atoms with E-state index in [9.17, 15) is 4.79 Å². The molecule has 0 bridgehead atoms. The highest BCUT2D eigenvalue weighted by Gasteiger charge is 2.22. The number of fused-ring (bicyclic) bond motifs is 1. The fourth-order valence-electron chi connectivity index (χ4n) is 2.01. The molecule has 2 heteroatoms. The number of carbonyl (C=O) groups is 1. The van der Waals surface area contributed by atoms with Crippen molar-refractivity contribution in [1.29, 1.82) is 0 Å². The largest absolute Gasteiger partial charge is 0.317 e. The van der Waals surface area contributed by atoms with E-state index in [1.165, 1.54) is 18.5 Å². The van der Waals surface area contributed by atoms with Crippen molar-refractivity contribution < 1.29 is 4.79 Å². The zero-order chi connectivity index (χ0) is 8.39. The molecule has 0 saturated carbocycles. The van der Waals surface area contributed by atoms with Crippen molar-refractivity contribution in [1.82, 2.24) is 4.90 Å². The second-order valence-corrected chi connectivity index (χ2v) is 3.59. The molecule has 1 fully saturated rings. The molecule has 0 atom stereocenters. The zero-order valence-electron chi connectivity index (χ0n) is 7.38. The van der Waals surface area contributed by atoms with Crippen molar-refractivity contribution in [3.05, 3.63) is 11.8 Å². The first-order chi connectivity index (χ1) is 5.88. The van der Waals surface area contributed by atoms with E-state index in [4.69, 9.17) is 0 Å². The average molecular weight is 165 g/mol. The SMILES string of the molecule is O=C1CCCC=C2CCCCN12. The quantitative estimate of drug-likeness (QED) is 0.538. The lowest BCUT2D eigenvalue weighted by Crippen LogP contribution is -2.32. The van der Waals surface area contributed by atoms with Crippen molar-refractivity contribution in [3.63, 3.8) is 0 Å². The predicted molar refractivity (Wildman–Crippen MR) is 47.5 cm³/mol. The van der Waals surface area contributed by atoms with Crippen LogP contribution in [-0.4, -0.2) is 17.4 Å². The first kappa shape index (κ1) is 7.84. The fourth-order valence-corrected chi connectivity index (χ4v) is 2.01. The number of nitrogens with zero attached hydrogens (tertiary/aromatic N) is 1. The van der Waals surface area contributed by atoms with Crippen molar-refractivity contribution in [2.24, 2.45) is 0 Å². The van der Waals surface area contributed by atoms with Gasteiger partial charge in [-0.2, -0.15) is 0 Å². The van der Waals surface area contributed by atoms with E-state index in [2.05, 4.69) is 6.08 Å². The maximum atomic E-state index is 11.5. The van der Waals surface area contributed by atoms with Crippen LogP contribution in [0.1, 0.15) is 38.5 Å². The van der Waals surface area contributed by atoms with Crippen LogP contribution in [0.4, 0.5) is 0 Å². The van der Waals surface area contributed by atoms with Crippen LogP contribution in [0.3, 0.4) is 0 Å². The second kappa shape index (κ2) is 3.30. The second-order valence-electron chi connectivity index (χ2n) is 3.59. The molecule has 2 aliphatic heterocycles. The summed E-state index contributed by atoms with van der Waals surface area (Å²) >= 11 is 0. The molecule has 0 N–H and O–H groups in total. The molecule has 2 rings (SSSR count). The van der Waals surface area contributed by atoms with Gasteiger partial charge in [0, 0.05) is 18.7 Å². The third-order valence-corrected chi connectivity index (χ3v) is 2.69. The maximum absolute atomic E-state index is 11.5. The Hall–Kier alpha value is -0.790. The average Bonchev–Trinajstić information content (AvgIpc) is 2.29. The summed E-state index contributed by atoms with van der Waals surface area (Å²) in [7, 11) is 0. The van der Waals surface area contributed by atoms with Crippen LogP contribution >= 0.6 is 0 Å². The van der Waals surface area contributed by atoms with Gasteiger partial charge in [0.05, 0.1) is 0 Å². The Morgan fingerprint density at radius 3 is 3.00 bits per heavy atom. The van der Waals surface area contributed by atoms with Crippen LogP contribution in [0.15, 0.2) is 11.8 Å². The summed E-state index contributed by atoms with van der Waals surface area (Å²) in [6, 6.07) is 0. The highest BCUT2D eigenvalue weighted by Crippen LogP contribution is 2.24. The van der Waals surface area contributed by atoms with Gasteiger partial charge in [0.1, 0.15) is 0 Å². The monoisotopic (exact) mass is 165 g/mol. The van der Waals surface area contributed by atoms with Gasteiger partial charge in [0.25, 0.3) is 0 Å². The lowest BCUT2D eigenvalue weighted by Gasteiger charge is -2.28. The van der Waals surface area contributed by atoms with Gasteiger partial charge in [-0.05, 0) is 32.1 Å². The molecule has 0 aromatic rings. The van der Waals surface area contributed by atoms with Gasteiger partial charge < -0.3 is 4.90 Å². The van der Waals surface area contributed by atoms with E-state index >= 15 is 0 Å². The Balaban J connectivity index is 2.18. The zero-order valence-corrected chi connectivity index (χ0v) is 7.38. The molecule has 66 valence electrons. The predicted octanol–water partition coefficient (Wildman–Crippen LogP) is 2.07. The topological polar surface area (TPSA) is 20.3 Å². The van der Waals surface area contributed by atoms with Gasteiger partial charge in [-0.1, -0.05) is 6.08 Å². The number of allylic oxidation sites excluding steroid dienone is 2. The summed E-state index contributed by atoms with van der Waals surface area (Å²) in [5, 5.41) is 0. The molecule has 2 nitrogen and oxygen atoms in total. The van der Waals surface area contributed by atoms with Gasteiger partial charge >= 0.3 is 0 Å². The van der Waals surface area contributed by atoms with Crippen LogP contribution < -0.4 is 0 Å². The minimum absolute atomic E-state index is 0.346. The molecule has 0 spiro atoms. The highest BCUT2D eigenvalue weighted by atomic mass is 16.2. The molecule has 2 heterocycles. The summed E-state index contributed by atoms with van der Waals surface area (Å²) in [6.07, 6.45) is 8.70. The highest BCUT2D eigenvalue weighted by molar-refractivity contribution is 5.78. The molecule has 0 radical (unpaired) electrons. The van der Waals surface area contributed by atoms with E-state index in [-0.39, 0.29) is 0 Å².